The molecule has 1 aromatic rings. The minimum atomic E-state index is -3.29. The van der Waals surface area contributed by atoms with Crippen molar-refractivity contribution in [1.29, 1.82) is 0 Å². The molecule has 1 N–H and O–H groups in total. The molecule has 0 aromatic carbocycles. The molecule has 0 fully saturated rings. The molecule has 104 valence electrons. The Labute approximate surface area is 109 Å². The van der Waals surface area contributed by atoms with E-state index in [1.165, 1.54) is 4.31 Å². The van der Waals surface area contributed by atoms with Crippen molar-refractivity contribution in [3.05, 3.63) is 23.7 Å². The highest BCUT2D eigenvalue weighted by Gasteiger charge is 2.26. The first-order chi connectivity index (χ1) is 8.37. The van der Waals surface area contributed by atoms with Crippen molar-refractivity contribution in [2.75, 3.05) is 20.1 Å². The van der Waals surface area contributed by atoms with E-state index in [9.17, 15) is 8.42 Å². The van der Waals surface area contributed by atoms with E-state index in [1.807, 2.05) is 19.9 Å². The van der Waals surface area contributed by atoms with Gasteiger partial charge in [0.2, 0.25) is 10.0 Å². The maximum atomic E-state index is 12.2. The second-order valence-electron chi connectivity index (χ2n) is 4.43. The Morgan fingerprint density at radius 1 is 1.44 bits per heavy atom. The number of hydrogen-bond donors (Lipinski definition) is 1. The molecule has 0 bridgehead atoms. The standard InChI is InChI=1S/C12H22N2O3S/c1-5-13-8-11(3)18(15,16)14(4)9-12-7-6-10(2)17-12/h6-7,11,13H,5,8-9H2,1-4H3. The predicted octanol–water partition coefficient (Wildman–Crippen LogP) is 1.35. The zero-order chi connectivity index (χ0) is 13.8. The highest BCUT2D eigenvalue weighted by molar-refractivity contribution is 7.89. The van der Waals surface area contributed by atoms with E-state index in [0.717, 1.165) is 12.3 Å². The van der Waals surface area contributed by atoms with Crippen molar-refractivity contribution in [3.63, 3.8) is 0 Å². The lowest BCUT2D eigenvalue weighted by molar-refractivity contribution is 0.393. The van der Waals surface area contributed by atoms with Crippen molar-refractivity contribution in [2.45, 2.75) is 32.6 Å². The topological polar surface area (TPSA) is 62.6 Å². The van der Waals surface area contributed by atoms with E-state index in [-0.39, 0.29) is 6.54 Å². The first-order valence-electron chi connectivity index (χ1n) is 6.09. The monoisotopic (exact) mass is 274 g/mol. The molecule has 1 atom stereocenters. The highest BCUT2D eigenvalue weighted by Crippen LogP contribution is 2.13. The van der Waals surface area contributed by atoms with E-state index in [1.54, 1.807) is 20.0 Å². The number of rotatable bonds is 7. The highest BCUT2D eigenvalue weighted by atomic mass is 32.2. The SMILES string of the molecule is CCNCC(C)S(=O)(=O)N(C)Cc1ccc(C)o1. The van der Waals surface area contributed by atoms with Gasteiger partial charge >= 0.3 is 0 Å². The van der Waals surface area contributed by atoms with Crippen LogP contribution in [0, 0.1) is 6.92 Å². The third kappa shape index (κ3) is 3.83. The van der Waals surface area contributed by atoms with Gasteiger partial charge in [-0.05, 0) is 32.5 Å². The van der Waals surface area contributed by atoms with Crippen LogP contribution in [0.3, 0.4) is 0 Å². The number of nitrogens with zero attached hydrogens (tertiary/aromatic N) is 1. The Kier molecular flexibility index (Phi) is 5.37. The summed E-state index contributed by atoms with van der Waals surface area (Å²) in [5, 5.41) is 2.60. The predicted molar refractivity (Wildman–Crippen MR) is 71.8 cm³/mol. The van der Waals surface area contributed by atoms with Crippen LogP contribution >= 0.6 is 0 Å². The molecule has 18 heavy (non-hydrogen) atoms. The molecule has 1 heterocycles. The molecule has 0 aliphatic heterocycles. The van der Waals surface area contributed by atoms with Crippen LogP contribution in [0.2, 0.25) is 0 Å². The molecule has 0 saturated heterocycles. The molecule has 0 amide bonds. The van der Waals surface area contributed by atoms with E-state index >= 15 is 0 Å². The van der Waals surface area contributed by atoms with E-state index < -0.39 is 15.3 Å². The van der Waals surface area contributed by atoms with Crippen LogP contribution in [0.5, 0.6) is 0 Å². The maximum Gasteiger partial charge on any atom is 0.218 e. The second-order valence-corrected chi connectivity index (χ2v) is 6.89. The summed E-state index contributed by atoms with van der Waals surface area (Å²) < 4.78 is 31.1. The zero-order valence-corrected chi connectivity index (χ0v) is 12.3. The third-order valence-electron chi connectivity index (χ3n) is 2.80. The Morgan fingerprint density at radius 3 is 2.61 bits per heavy atom. The average Bonchev–Trinajstić information content (AvgIpc) is 2.71. The summed E-state index contributed by atoms with van der Waals surface area (Å²) in [5.74, 6) is 1.45. The lowest BCUT2D eigenvalue weighted by atomic mass is 10.4. The van der Waals surface area contributed by atoms with Crippen LogP contribution in [0.15, 0.2) is 16.5 Å². The van der Waals surface area contributed by atoms with Crippen molar-refractivity contribution < 1.29 is 12.8 Å². The molecular formula is C12H22N2O3S. The van der Waals surface area contributed by atoms with E-state index in [0.29, 0.717) is 12.3 Å². The molecule has 0 aliphatic carbocycles. The Hall–Kier alpha value is -0.850. The minimum absolute atomic E-state index is 0.270. The third-order valence-corrected chi connectivity index (χ3v) is 4.98. The fourth-order valence-corrected chi connectivity index (χ4v) is 2.89. The maximum absolute atomic E-state index is 12.2. The van der Waals surface area contributed by atoms with Gasteiger partial charge in [-0.1, -0.05) is 6.92 Å². The minimum Gasteiger partial charge on any atom is -0.465 e. The summed E-state index contributed by atoms with van der Waals surface area (Å²) in [6, 6.07) is 3.63. The fourth-order valence-electron chi connectivity index (χ4n) is 1.64. The first kappa shape index (κ1) is 15.2. The first-order valence-corrected chi connectivity index (χ1v) is 7.59. The second kappa shape index (κ2) is 6.36. The Morgan fingerprint density at radius 2 is 2.11 bits per heavy atom. The van der Waals surface area contributed by atoms with Gasteiger partial charge in [0.25, 0.3) is 0 Å². The molecule has 1 rings (SSSR count). The largest absolute Gasteiger partial charge is 0.465 e. The Balaban J connectivity index is 2.66. The number of nitrogens with one attached hydrogen (secondary N) is 1. The van der Waals surface area contributed by atoms with Crippen LogP contribution < -0.4 is 5.32 Å². The number of sulfonamides is 1. The Bertz CT molecular complexity index is 467. The summed E-state index contributed by atoms with van der Waals surface area (Å²) in [5.41, 5.74) is 0. The summed E-state index contributed by atoms with van der Waals surface area (Å²) in [4.78, 5) is 0. The molecule has 0 spiro atoms. The molecular weight excluding hydrogens is 252 g/mol. The van der Waals surface area contributed by atoms with Gasteiger partial charge in [-0.25, -0.2) is 8.42 Å². The molecule has 0 radical (unpaired) electrons. The van der Waals surface area contributed by atoms with Crippen LogP contribution in [0.25, 0.3) is 0 Å². The van der Waals surface area contributed by atoms with Gasteiger partial charge in [-0.15, -0.1) is 0 Å². The van der Waals surface area contributed by atoms with Gasteiger partial charge in [0.15, 0.2) is 0 Å². The van der Waals surface area contributed by atoms with Crippen molar-refractivity contribution >= 4 is 10.0 Å². The summed E-state index contributed by atoms with van der Waals surface area (Å²) in [7, 11) is -1.71. The summed E-state index contributed by atoms with van der Waals surface area (Å²) in [6.07, 6.45) is 0. The van der Waals surface area contributed by atoms with Gasteiger partial charge in [-0.2, -0.15) is 4.31 Å². The van der Waals surface area contributed by atoms with Gasteiger partial charge in [0.05, 0.1) is 11.8 Å². The summed E-state index contributed by atoms with van der Waals surface area (Å²) >= 11 is 0. The van der Waals surface area contributed by atoms with Gasteiger partial charge < -0.3 is 9.73 Å². The van der Waals surface area contributed by atoms with E-state index in [2.05, 4.69) is 5.32 Å². The quantitative estimate of drug-likeness (QED) is 0.815. The van der Waals surface area contributed by atoms with Crippen LogP contribution in [-0.2, 0) is 16.6 Å². The average molecular weight is 274 g/mol. The normalized spacial score (nSPS) is 14.1. The zero-order valence-electron chi connectivity index (χ0n) is 11.4. The molecule has 1 unspecified atom stereocenters. The number of hydrogen-bond acceptors (Lipinski definition) is 4. The van der Waals surface area contributed by atoms with Gasteiger partial charge in [0, 0.05) is 13.6 Å². The molecule has 1 aromatic heterocycles. The molecule has 0 saturated carbocycles. The van der Waals surface area contributed by atoms with Crippen molar-refractivity contribution in [1.82, 2.24) is 9.62 Å². The molecule has 5 nitrogen and oxygen atoms in total. The smallest absolute Gasteiger partial charge is 0.218 e. The van der Waals surface area contributed by atoms with Crippen LogP contribution in [-0.4, -0.2) is 38.1 Å². The lowest BCUT2D eigenvalue weighted by Crippen LogP contribution is -2.39. The summed E-state index contributed by atoms with van der Waals surface area (Å²) in [6.45, 7) is 7.00. The molecule has 6 heteroatoms. The number of furan rings is 1. The van der Waals surface area contributed by atoms with Crippen LogP contribution in [0.1, 0.15) is 25.4 Å². The van der Waals surface area contributed by atoms with Gasteiger partial charge in [-0.3, -0.25) is 0 Å². The van der Waals surface area contributed by atoms with Crippen LogP contribution in [0.4, 0.5) is 0 Å². The lowest BCUT2D eigenvalue weighted by Gasteiger charge is -2.21. The van der Waals surface area contributed by atoms with Crippen molar-refractivity contribution in [2.24, 2.45) is 0 Å². The van der Waals surface area contributed by atoms with Crippen molar-refractivity contribution in [3.8, 4) is 0 Å². The molecule has 0 aliphatic rings. The van der Waals surface area contributed by atoms with E-state index in [4.69, 9.17) is 4.42 Å². The fraction of sp³-hybridized carbons (Fsp3) is 0.667. The van der Waals surface area contributed by atoms with Gasteiger partial charge in [0.1, 0.15) is 11.5 Å². The number of aryl methyl sites for hydroxylation is 1.